The Bertz CT molecular complexity index is 954. The maximum absolute atomic E-state index is 12.5. The van der Waals surface area contributed by atoms with Gasteiger partial charge in [0.05, 0.1) is 5.69 Å². The molecule has 1 aromatic carbocycles. The largest absolute Gasteiger partial charge is 0.359 e. The summed E-state index contributed by atoms with van der Waals surface area (Å²) in [5, 5.41) is 14.3. The summed E-state index contributed by atoms with van der Waals surface area (Å²) in [6, 6.07) is 7.78. The van der Waals surface area contributed by atoms with Crippen LogP contribution in [0.15, 0.2) is 28.8 Å². The van der Waals surface area contributed by atoms with Gasteiger partial charge in [-0.25, -0.2) is 0 Å². The molecule has 0 saturated heterocycles. The van der Waals surface area contributed by atoms with E-state index in [2.05, 4.69) is 32.5 Å². The predicted octanol–water partition coefficient (Wildman–Crippen LogP) is 3.39. The van der Waals surface area contributed by atoms with Gasteiger partial charge >= 0.3 is 0 Å². The van der Waals surface area contributed by atoms with Crippen molar-refractivity contribution >= 4 is 11.6 Å². The highest BCUT2D eigenvalue weighted by Gasteiger charge is 2.21. The Hall–Kier alpha value is -2.93. The summed E-state index contributed by atoms with van der Waals surface area (Å²) in [6.45, 7) is 8.52. The molecule has 2 aromatic heterocycles. The standard InChI is InChI=1S/C21H25N5O2/c1-4-18-17-12-26(10-9-19(17)24-23-18)11-15-5-7-16(8-6-15)21(27)22-20-13(2)25-28-14(20)3/h5-8H,4,9-12H2,1-3H3,(H,22,27)(H,23,24). The molecule has 0 fully saturated rings. The Morgan fingerprint density at radius 3 is 2.75 bits per heavy atom. The third-order valence-electron chi connectivity index (χ3n) is 5.33. The van der Waals surface area contributed by atoms with Crippen molar-refractivity contribution in [3.8, 4) is 0 Å². The molecule has 0 radical (unpaired) electrons. The van der Waals surface area contributed by atoms with E-state index in [9.17, 15) is 4.79 Å². The first-order valence-corrected chi connectivity index (χ1v) is 9.65. The molecule has 0 aliphatic carbocycles. The van der Waals surface area contributed by atoms with Gasteiger partial charge in [-0.15, -0.1) is 0 Å². The van der Waals surface area contributed by atoms with Crippen molar-refractivity contribution in [2.24, 2.45) is 0 Å². The highest BCUT2D eigenvalue weighted by molar-refractivity contribution is 6.04. The zero-order valence-corrected chi connectivity index (χ0v) is 16.5. The van der Waals surface area contributed by atoms with Gasteiger partial charge in [-0.3, -0.25) is 14.8 Å². The number of benzene rings is 1. The van der Waals surface area contributed by atoms with Gasteiger partial charge in [-0.1, -0.05) is 24.2 Å². The first-order chi connectivity index (χ1) is 13.5. The van der Waals surface area contributed by atoms with Crippen LogP contribution in [0, 0.1) is 13.8 Å². The molecule has 28 heavy (non-hydrogen) atoms. The molecule has 0 atom stereocenters. The summed E-state index contributed by atoms with van der Waals surface area (Å²) in [6.07, 6.45) is 1.95. The maximum Gasteiger partial charge on any atom is 0.255 e. The fraction of sp³-hybridized carbons (Fsp3) is 0.381. The number of aromatic nitrogens is 3. The molecule has 0 spiro atoms. The van der Waals surface area contributed by atoms with E-state index in [1.165, 1.54) is 22.5 Å². The summed E-state index contributed by atoms with van der Waals surface area (Å²) in [4.78, 5) is 14.9. The number of aromatic amines is 1. The quantitative estimate of drug-likeness (QED) is 0.710. The van der Waals surface area contributed by atoms with Crippen molar-refractivity contribution < 1.29 is 9.32 Å². The fourth-order valence-corrected chi connectivity index (χ4v) is 3.70. The van der Waals surface area contributed by atoms with E-state index >= 15 is 0 Å². The van der Waals surface area contributed by atoms with Crippen molar-refractivity contribution in [1.82, 2.24) is 20.3 Å². The Morgan fingerprint density at radius 2 is 2.07 bits per heavy atom. The number of fused-ring (bicyclic) bond motifs is 1. The van der Waals surface area contributed by atoms with Gasteiger partial charge in [-0.2, -0.15) is 5.10 Å². The van der Waals surface area contributed by atoms with Gasteiger partial charge in [0.2, 0.25) is 0 Å². The molecule has 3 heterocycles. The van der Waals surface area contributed by atoms with Crippen molar-refractivity contribution in [2.75, 3.05) is 11.9 Å². The van der Waals surface area contributed by atoms with Crippen LogP contribution >= 0.6 is 0 Å². The van der Waals surface area contributed by atoms with Gasteiger partial charge in [-0.05, 0) is 38.0 Å². The number of nitrogens with one attached hydrogen (secondary N) is 2. The van der Waals surface area contributed by atoms with Gasteiger partial charge in [0.25, 0.3) is 5.91 Å². The monoisotopic (exact) mass is 379 g/mol. The molecule has 2 N–H and O–H groups in total. The van der Waals surface area contributed by atoms with Gasteiger partial charge in [0.15, 0.2) is 5.76 Å². The van der Waals surface area contributed by atoms with Crippen LogP contribution in [0.25, 0.3) is 0 Å². The SMILES string of the molecule is CCc1n[nH]c2c1CN(Cc1ccc(C(=O)Nc3c(C)noc3C)cc1)CC2. The summed E-state index contributed by atoms with van der Waals surface area (Å²) >= 11 is 0. The van der Waals surface area contributed by atoms with Crippen molar-refractivity contribution in [1.29, 1.82) is 0 Å². The zero-order chi connectivity index (χ0) is 19.7. The maximum atomic E-state index is 12.5. The average Bonchev–Trinajstić information content (AvgIpc) is 3.26. The lowest BCUT2D eigenvalue weighted by Gasteiger charge is -2.27. The minimum absolute atomic E-state index is 0.158. The first kappa shape index (κ1) is 18.4. The number of nitrogens with zero attached hydrogens (tertiary/aromatic N) is 3. The number of H-pyrrole nitrogens is 1. The topological polar surface area (TPSA) is 87.0 Å². The number of amides is 1. The Kier molecular flexibility index (Phi) is 5.00. The molecule has 0 unspecified atom stereocenters. The Morgan fingerprint density at radius 1 is 1.29 bits per heavy atom. The smallest absolute Gasteiger partial charge is 0.255 e. The van der Waals surface area contributed by atoms with Crippen LogP contribution in [-0.2, 0) is 25.9 Å². The number of anilines is 1. The van der Waals surface area contributed by atoms with Gasteiger partial charge in [0.1, 0.15) is 11.4 Å². The van der Waals surface area contributed by atoms with Crippen LogP contribution in [0.2, 0.25) is 0 Å². The van der Waals surface area contributed by atoms with E-state index in [0.29, 0.717) is 22.7 Å². The van der Waals surface area contributed by atoms with Crippen LogP contribution in [0.1, 0.15) is 51.3 Å². The second-order valence-electron chi connectivity index (χ2n) is 7.29. The lowest BCUT2D eigenvalue weighted by molar-refractivity contribution is 0.102. The Balaban J connectivity index is 1.40. The van der Waals surface area contributed by atoms with E-state index in [0.717, 1.165) is 32.5 Å². The summed E-state index contributed by atoms with van der Waals surface area (Å²) in [5.74, 6) is 0.451. The van der Waals surface area contributed by atoms with E-state index < -0.39 is 0 Å². The number of carbonyl (C=O) groups excluding carboxylic acids is 1. The molecule has 146 valence electrons. The highest BCUT2D eigenvalue weighted by atomic mass is 16.5. The number of hydrogen-bond donors (Lipinski definition) is 2. The van der Waals surface area contributed by atoms with E-state index in [-0.39, 0.29) is 5.91 Å². The summed E-state index contributed by atoms with van der Waals surface area (Å²) in [7, 11) is 0. The molecule has 7 heteroatoms. The van der Waals surface area contributed by atoms with Crippen LogP contribution in [0.3, 0.4) is 0 Å². The lowest BCUT2D eigenvalue weighted by Crippen LogP contribution is -2.30. The van der Waals surface area contributed by atoms with E-state index in [1.807, 2.05) is 31.2 Å². The number of hydrogen-bond acceptors (Lipinski definition) is 5. The molecule has 1 aliphatic heterocycles. The second-order valence-corrected chi connectivity index (χ2v) is 7.29. The number of rotatable bonds is 5. The van der Waals surface area contributed by atoms with Gasteiger partial charge < -0.3 is 9.84 Å². The highest BCUT2D eigenvalue weighted by Crippen LogP contribution is 2.23. The molecular weight excluding hydrogens is 354 g/mol. The lowest BCUT2D eigenvalue weighted by atomic mass is 10.0. The first-order valence-electron chi connectivity index (χ1n) is 9.65. The predicted molar refractivity (Wildman–Crippen MR) is 106 cm³/mol. The fourth-order valence-electron chi connectivity index (χ4n) is 3.70. The third kappa shape index (κ3) is 3.57. The molecule has 1 aliphatic rings. The van der Waals surface area contributed by atoms with Crippen LogP contribution in [0.5, 0.6) is 0 Å². The van der Waals surface area contributed by atoms with E-state index in [1.54, 1.807) is 6.92 Å². The average molecular weight is 379 g/mol. The summed E-state index contributed by atoms with van der Waals surface area (Å²) < 4.78 is 5.09. The molecule has 1 amide bonds. The minimum Gasteiger partial charge on any atom is -0.359 e. The third-order valence-corrected chi connectivity index (χ3v) is 5.33. The second kappa shape index (κ2) is 7.59. The molecule has 0 saturated carbocycles. The Labute approximate surface area is 164 Å². The van der Waals surface area contributed by atoms with Crippen LogP contribution in [0.4, 0.5) is 5.69 Å². The molecule has 3 aromatic rings. The summed E-state index contributed by atoms with van der Waals surface area (Å²) in [5.41, 5.74) is 6.93. The van der Waals surface area contributed by atoms with E-state index in [4.69, 9.17) is 4.52 Å². The van der Waals surface area contributed by atoms with Crippen LogP contribution < -0.4 is 5.32 Å². The molecule has 7 nitrogen and oxygen atoms in total. The van der Waals surface area contributed by atoms with Crippen molar-refractivity contribution in [3.05, 3.63) is 63.8 Å². The normalized spacial score (nSPS) is 14.1. The zero-order valence-electron chi connectivity index (χ0n) is 16.5. The number of aryl methyl sites for hydroxylation is 3. The van der Waals surface area contributed by atoms with Crippen molar-refractivity contribution in [2.45, 2.75) is 46.7 Å². The van der Waals surface area contributed by atoms with Gasteiger partial charge in [0, 0.05) is 42.9 Å². The van der Waals surface area contributed by atoms with Crippen molar-refractivity contribution in [3.63, 3.8) is 0 Å². The minimum atomic E-state index is -0.158. The molecule has 0 bridgehead atoms. The molecular formula is C21H25N5O2. The molecule has 4 rings (SSSR count). The van der Waals surface area contributed by atoms with Crippen LogP contribution in [-0.4, -0.2) is 32.7 Å². The number of carbonyl (C=O) groups is 1.